The summed E-state index contributed by atoms with van der Waals surface area (Å²) in [6, 6.07) is 2.40. The Kier molecular flexibility index (Phi) is 5.16. The molecule has 5 nitrogen and oxygen atoms in total. The fraction of sp³-hybridized carbons (Fsp3) is 0.611. The number of carbonyl (C=O) groups excluding carboxylic acids is 1. The predicted octanol–water partition coefficient (Wildman–Crippen LogP) is 2.38. The number of phenolic OH excluding ortho intramolecular Hbond substituents is 1. The molecule has 0 radical (unpaired) electrons. The number of halogens is 3. The number of piperidine rings is 2. The van der Waals surface area contributed by atoms with Crippen LogP contribution in [-0.2, 0) is 6.18 Å². The average molecular weight is 372 g/mol. The van der Waals surface area contributed by atoms with Gasteiger partial charge in [-0.05, 0) is 62.9 Å². The van der Waals surface area contributed by atoms with Crippen molar-refractivity contribution in [2.45, 2.75) is 37.5 Å². The molecule has 0 spiro atoms. The highest BCUT2D eigenvalue weighted by Gasteiger charge is 2.40. The van der Waals surface area contributed by atoms with Crippen LogP contribution in [0, 0.1) is 5.92 Å². The van der Waals surface area contributed by atoms with Crippen LogP contribution in [0.15, 0.2) is 18.2 Å². The van der Waals surface area contributed by atoms with Crippen LogP contribution < -0.4 is 5.32 Å². The molecule has 2 aliphatic rings. The van der Waals surface area contributed by atoms with E-state index in [1.165, 1.54) is 4.90 Å². The van der Waals surface area contributed by atoms with Gasteiger partial charge in [0.15, 0.2) is 0 Å². The van der Waals surface area contributed by atoms with Gasteiger partial charge in [0.05, 0.1) is 16.7 Å². The molecule has 0 unspecified atom stereocenters. The number of aromatic hydroxyl groups is 1. The zero-order valence-electron chi connectivity index (χ0n) is 14.4. The van der Waals surface area contributed by atoms with Crippen LogP contribution in [-0.4, -0.2) is 52.8 Å². The van der Waals surface area contributed by atoms with Gasteiger partial charge >= 0.3 is 6.18 Å². The lowest BCUT2D eigenvalue weighted by Gasteiger charge is -2.43. The van der Waals surface area contributed by atoms with Crippen LogP contribution in [0.3, 0.4) is 0 Å². The number of likely N-dealkylation sites (tertiary alicyclic amines) is 1. The second-order valence-corrected chi connectivity index (χ2v) is 7.15. The number of nitrogens with zero attached hydrogens (tertiary/aromatic N) is 1. The molecule has 0 atom stereocenters. The van der Waals surface area contributed by atoms with E-state index in [0.29, 0.717) is 44.8 Å². The molecular formula is C18H23F3N2O3. The Hall–Kier alpha value is -1.80. The zero-order chi connectivity index (χ0) is 18.9. The van der Waals surface area contributed by atoms with Gasteiger partial charge in [-0.2, -0.15) is 13.2 Å². The third-order valence-electron chi connectivity index (χ3n) is 5.57. The fourth-order valence-corrected chi connectivity index (χ4v) is 3.95. The van der Waals surface area contributed by atoms with Crippen molar-refractivity contribution in [2.75, 3.05) is 26.2 Å². The van der Waals surface area contributed by atoms with E-state index in [-0.39, 0.29) is 11.5 Å². The van der Waals surface area contributed by atoms with E-state index in [4.69, 9.17) is 0 Å². The molecule has 3 rings (SSSR count). The van der Waals surface area contributed by atoms with Gasteiger partial charge in [-0.25, -0.2) is 0 Å². The Bertz CT molecular complexity index is 664. The number of benzene rings is 1. The zero-order valence-corrected chi connectivity index (χ0v) is 14.4. The summed E-state index contributed by atoms with van der Waals surface area (Å²) in [4.78, 5) is 14.1. The van der Waals surface area contributed by atoms with Crippen LogP contribution in [0.4, 0.5) is 13.2 Å². The first-order valence-electron chi connectivity index (χ1n) is 8.83. The normalized spacial score (nSPS) is 21.6. The van der Waals surface area contributed by atoms with E-state index in [0.717, 1.165) is 25.2 Å². The molecule has 1 aromatic rings. The maximum Gasteiger partial charge on any atom is 0.416 e. The molecule has 0 saturated carbocycles. The lowest BCUT2D eigenvalue weighted by molar-refractivity contribution is -0.137. The van der Waals surface area contributed by atoms with Gasteiger partial charge in [0.2, 0.25) is 0 Å². The Morgan fingerprint density at radius 1 is 1.19 bits per heavy atom. The molecule has 1 amide bonds. The van der Waals surface area contributed by atoms with E-state index in [9.17, 15) is 28.2 Å². The molecule has 26 heavy (non-hydrogen) atoms. The summed E-state index contributed by atoms with van der Waals surface area (Å²) in [5.41, 5.74) is -1.83. The minimum atomic E-state index is -4.57. The standard InChI is InChI=1S/C18H23F3N2O3/c19-18(20,21)13-1-2-14(15(24)11-13)16(25)23-9-3-12(4-10-23)17(26)5-7-22-8-6-17/h1-2,11-12,22,24,26H,3-10H2. The average Bonchev–Trinajstić information content (AvgIpc) is 2.61. The number of hydrogen-bond acceptors (Lipinski definition) is 4. The summed E-state index contributed by atoms with van der Waals surface area (Å²) < 4.78 is 38.0. The van der Waals surface area contributed by atoms with E-state index in [1.807, 2.05) is 0 Å². The van der Waals surface area contributed by atoms with E-state index in [1.54, 1.807) is 0 Å². The molecule has 0 aromatic heterocycles. The SMILES string of the molecule is O=C(c1ccc(C(F)(F)F)cc1O)N1CCC(C2(O)CCNCC2)CC1. The summed E-state index contributed by atoms with van der Waals surface area (Å²) >= 11 is 0. The van der Waals surface area contributed by atoms with Crippen molar-refractivity contribution in [3.05, 3.63) is 29.3 Å². The number of rotatable bonds is 2. The Balaban J connectivity index is 1.65. The summed E-state index contributed by atoms with van der Waals surface area (Å²) in [7, 11) is 0. The number of amides is 1. The number of carbonyl (C=O) groups is 1. The highest BCUT2D eigenvalue weighted by atomic mass is 19.4. The smallest absolute Gasteiger partial charge is 0.416 e. The molecule has 2 heterocycles. The van der Waals surface area contributed by atoms with Gasteiger partial charge in [0.25, 0.3) is 5.91 Å². The minimum absolute atomic E-state index is 0.106. The van der Waals surface area contributed by atoms with Gasteiger partial charge in [-0.3, -0.25) is 4.79 Å². The minimum Gasteiger partial charge on any atom is -0.507 e. The number of aliphatic hydroxyl groups is 1. The first-order chi connectivity index (χ1) is 12.2. The van der Waals surface area contributed by atoms with Gasteiger partial charge < -0.3 is 20.4 Å². The Labute approximate surface area is 149 Å². The lowest BCUT2D eigenvalue weighted by atomic mass is 9.75. The van der Waals surface area contributed by atoms with E-state index >= 15 is 0 Å². The number of alkyl halides is 3. The first-order valence-corrected chi connectivity index (χ1v) is 8.83. The van der Waals surface area contributed by atoms with Crippen LogP contribution in [0.1, 0.15) is 41.6 Å². The number of nitrogens with one attached hydrogen (secondary N) is 1. The van der Waals surface area contributed by atoms with Crippen LogP contribution in [0.2, 0.25) is 0 Å². The second-order valence-electron chi connectivity index (χ2n) is 7.15. The van der Waals surface area contributed by atoms with Gasteiger partial charge in [0.1, 0.15) is 5.75 Å². The van der Waals surface area contributed by atoms with Crippen LogP contribution >= 0.6 is 0 Å². The third-order valence-corrected chi connectivity index (χ3v) is 5.57. The van der Waals surface area contributed by atoms with E-state index in [2.05, 4.69) is 5.32 Å². The molecule has 3 N–H and O–H groups in total. The predicted molar refractivity (Wildman–Crippen MR) is 88.8 cm³/mol. The van der Waals surface area contributed by atoms with E-state index < -0.39 is 29.0 Å². The van der Waals surface area contributed by atoms with Crippen LogP contribution in [0.5, 0.6) is 5.75 Å². The molecule has 2 fully saturated rings. The van der Waals surface area contributed by atoms with Crippen molar-refractivity contribution in [2.24, 2.45) is 5.92 Å². The number of phenols is 1. The fourth-order valence-electron chi connectivity index (χ4n) is 3.95. The van der Waals surface area contributed by atoms with Crippen LogP contribution in [0.25, 0.3) is 0 Å². The maximum atomic E-state index is 12.7. The number of hydrogen-bond donors (Lipinski definition) is 3. The van der Waals surface area contributed by atoms with Crippen molar-refractivity contribution in [3.8, 4) is 5.75 Å². The largest absolute Gasteiger partial charge is 0.507 e. The highest BCUT2D eigenvalue weighted by molar-refractivity contribution is 5.97. The first kappa shape index (κ1) is 19.0. The molecule has 2 aliphatic heterocycles. The quantitative estimate of drug-likeness (QED) is 0.745. The van der Waals surface area contributed by atoms with Crippen molar-refractivity contribution >= 4 is 5.91 Å². The summed E-state index contributed by atoms with van der Waals surface area (Å²) in [6.45, 7) is 2.38. The Morgan fingerprint density at radius 3 is 2.35 bits per heavy atom. The van der Waals surface area contributed by atoms with Crippen molar-refractivity contribution in [1.82, 2.24) is 10.2 Å². The van der Waals surface area contributed by atoms with Gasteiger partial charge in [-0.1, -0.05) is 0 Å². The molecule has 2 saturated heterocycles. The molecule has 1 aromatic carbocycles. The molecular weight excluding hydrogens is 349 g/mol. The second kappa shape index (κ2) is 7.08. The lowest BCUT2D eigenvalue weighted by Crippen LogP contribution is -2.51. The summed E-state index contributed by atoms with van der Waals surface area (Å²) in [5, 5.41) is 23.9. The molecule has 0 bridgehead atoms. The maximum absolute atomic E-state index is 12.7. The molecule has 144 valence electrons. The molecule has 0 aliphatic carbocycles. The highest BCUT2D eigenvalue weighted by Crippen LogP contribution is 2.36. The van der Waals surface area contributed by atoms with Crippen molar-refractivity contribution in [1.29, 1.82) is 0 Å². The summed E-state index contributed by atoms with van der Waals surface area (Å²) in [5.74, 6) is -1.04. The third kappa shape index (κ3) is 3.81. The van der Waals surface area contributed by atoms with Crippen molar-refractivity contribution < 1.29 is 28.2 Å². The monoisotopic (exact) mass is 372 g/mol. The summed E-state index contributed by atoms with van der Waals surface area (Å²) in [6.07, 6.45) is -1.91. The van der Waals surface area contributed by atoms with Crippen molar-refractivity contribution in [3.63, 3.8) is 0 Å². The Morgan fingerprint density at radius 2 is 1.81 bits per heavy atom. The van der Waals surface area contributed by atoms with Gasteiger partial charge in [-0.15, -0.1) is 0 Å². The topological polar surface area (TPSA) is 72.8 Å². The molecule has 8 heteroatoms. The van der Waals surface area contributed by atoms with Gasteiger partial charge in [0, 0.05) is 13.1 Å².